The summed E-state index contributed by atoms with van der Waals surface area (Å²) in [6, 6.07) is 26.1. The lowest BCUT2D eigenvalue weighted by molar-refractivity contribution is -0.209. The predicted octanol–water partition coefficient (Wildman–Crippen LogP) is 8.42. The Morgan fingerprint density at radius 3 is 2.09 bits per heavy atom. The standard InChI is InChI=1S/C36H39F3N2O3/c1-23-17-29(31-18-41-33(19-40-31)36(37,38)39)15-16-30(23)26(4)35-34(43-21-28-13-9-6-10-14-28)25(3)24(2)32(44-35)22-42-20-27-11-7-5-8-12-27/h5-19,24-26,32,34-35H,20-22H2,1-4H3/t24-,25-,26?,32?,34?,35+/m0/s1. The van der Waals surface area contributed by atoms with Gasteiger partial charge in [-0.1, -0.05) is 93.6 Å². The zero-order valence-electron chi connectivity index (χ0n) is 25.5. The van der Waals surface area contributed by atoms with E-state index in [1.807, 2.05) is 61.5 Å². The highest BCUT2D eigenvalue weighted by atomic mass is 19.4. The van der Waals surface area contributed by atoms with Crippen LogP contribution < -0.4 is 0 Å². The molecular formula is C36H39F3N2O3. The van der Waals surface area contributed by atoms with Crippen LogP contribution in [0.4, 0.5) is 13.2 Å². The van der Waals surface area contributed by atoms with E-state index in [-0.39, 0.29) is 36.1 Å². The summed E-state index contributed by atoms with van der Waals surface area (Å²) in [5.74, 6) is 0.374. The van der Waals surface area contributed by atoms with Crippen molar-refractivity contribution >= 4 is 0 Å². The molecule has 0 N–H and O–H groups in total. The summed E-state index contributed by atoms with van der Waals surface area (Å²) in [4.78, 5) is 7.60. The van der Waals surface area contributed by atoms with Crippen molar-refractivity contribution in [2.45, 2.75) is 71.3 Å². The molecule has 5 rings (SSSR count). The van der Waals surface area contributed by atoms with Crippen LogP contribution in [0, 0.1) is 18.8 Å². The smallest absolute Gasteiger partial charge is 0.374 e. The maximum atomic E-state index is 13.0. The number of ether oxygens (including phenoxy) is 3. The average molecular weight is 605 g/mol. The molecule has 1 aliphatic heterocycles. The fourth-order valence-electron chi connectivity index (χ4n) is 5.96. The van der Waals surface area contributed by atoms with Crippen LogP contribution in [0.5, 0.6) is 0 Å². The molecule has 8 heteroatoms. The summed E-state index contributed by atoms with van der Waals surface area (Å²) in [7, 11) is 0. The van der Waals surface area contributed by atoms with Gasteiger partial charge in [-0.3, -0.25) is 4.98 Å². The van der Waals surface area contributed by atoms with Crippen LogP contribution in [0.15, 0.2) is 91.3 Å². The van der Waals surface area contributed by atoms with Crippen molar-refractivity contribution in [2.75, 3.05) is 6.61 Å². The van der Waals surface area contributed by atoms with Crippen molar-refractivity contribution in [3.8, 4) is 11.3 Å². The number of benzene rings is 3. The average Bonchev–Trinajstić information content (AvgIpc) is 3.03. The van der Waals surface area contributed by atoms with E-state index >= 15 is 0 Å². The first kappa shape index (κ1) is 31.8. The van der Waals surface area contributed by atoms with Crippen LogP contribution in [-0.2, 0) is 33.6 Å². The number of alkyl halides is 3. The first-order valence-electron chi connectivity index (χ1n) is 15.0. The second kappa shape index (κ2) is 14.0. The summed E-state index contributed by atoms with van der Waals surface area (Å²) in [5.41, 5.74) is 4.37. The topological polar surface area (TPSA) is 53.5 Å². The van der Waals surface area contributed by atoms with Crippen molar-refractivity contribution in [3.05, 3.63) is 119 Å². The van der Waals surface area contributed by atoms with Crippen molar-refractivity contribution in [3.63, 3.8) is 0 Å². The Bertz CT molecular complexity index is 1480. The Kier molecular flexibility index (Phi) is 10.1. The number of rotatable bonds is 10. The van der Waals surface area contributed by atoms with Gasteiger partial charge in [0.25, 0.3) is 0 Å². The largest absolute Gasteiger partial charge is 0.434 e. The van der Waals surface area contributed by atoms with Gasteiger partial charge in [-0.2, -0.15) is 13.2 Å². The molecule has 44 heavy (non-hydrogen) atoms. The van der Waals surface area contributed by atoms with Crippen molar-refractivity contribution in [2.24, 2.45) is 11.8 Å². The molecule has 0 amide bonds. The highest BCUT2D eigenvalue weighted by molar-refractivity contribution is 5.60. The summed E-state index contributed by atoms with van der Waals surface area (Å²) < 4.78 is 58.6. The SMILES string of the molecule is Cc1cc(-c2cnc(C(F)(F)F)cn2)ccc1C(C)[C@H]1OC(COCc2ccccc2)[C@@H](C)[C@H](C)C1OCc1ccccc1. The van der Waals surface area contributed by atoms with E-state index in [4.69, 9.17) is 14.2 Å². The van der Waals surface area contributed by atoms with E-state index in [0.29, 0.717) is 31.1 Å². The van der Waals surface area contributed by atoms with E-state index in [9.17, 15) is 13.2 Å². The van der Waals surface area contributed by atoms with Crippen molar-refractivity contribution in [1.29, 1.82) is 0 Å². The lowest BCUT2D eigenvalue weighted by Gasteiger charge is -2.47. The Balaban J connectivity index is 1.36. The highest BCUT2D eigenvalue weighted by Crippen LogP contribution is 2.40. The molecule has 0 aliphatic carbocycles. The number of aromatic nitrogens is 2. The summed E-state index contributed by atoms with van der Waals surface area (Å²) in [6.07, 6.45) is -3.11. The predicted molar refractivity (Wildman–Crippen MR) is 164 cm³/mol. The molecule has 0 spiro atoms. The van der Waals surface area contributed by atoms with Gasteiger partial charge in [0.15, 0.2) is 5.69 Å². The van der Waals surface area contributed by atoms with Crippen LogP contribution in [0.1, 0.15) is 54.6 Å². The molecule has 0 saturated carbocycles. The van der Waals surface area contributed by atoms with Gasteiger partial charge in [-0.15, -0.1) is 0 Å². The Morgan fingerprint density at radius 1 is 0.841 bits per heavy atom. The number of aryl methyl sites for hydroxylation is 1. The molecule has 1 aromatic heterocycles. The Morgan fingerprint density at radius 2 is 1.50 bits per heavy atom. The minimum atomic E-state index is -4.53. The molecule has 0 bridgehead atoms. The molecule has 0 radical (unpaired) electrons. The van der Waals surface area contributed by atoms with E-state index in [0.717, 1.165) is 28.5 Å². The molecule has 1 fully saturated rings. The van der Waals surface area contributed by atoms with Gasteiger partial charge in [0, 0.05) is 11.5 Å². The van der Waals surface area contributed by atoms with Gasteiger partial charge in [-0.25, -0.2) is 4.98 Å². The fraction of sp³-hybridized carbons (Fsp3) is 0.389. The normalized spacial score (nSPS) is 22.9. The van der Waals surface area contributed by atoms with Gasteiger partial charge in [-0.05, 0) is 47.1 Å². The summed E-state index contributed by atoms with van der Waals surface area (Å²) in [5, 5.41) is 0. The lowest BCUT2D eigenvalue weighted by atomic mass is 9.76. The van der Waals surface area contributed by atoms with Crippen LogP contribution >= 0.6 is 0 Å². The third-order valence-electron chi connectivity index (χ3n) is 8.76. The monoisotopic (exact) mass is 604 g/mol. The maximum absolute atomic E-state index is 13.0. The van der Waals surface area contributed by atoms with E-state index in [1.54, 1.807) is 0 Å². The van der Waals surface area contributed by atoms with Gasteiger partial charge >= 0.3 is 6.18 Å². The molecule has 4 aromatic rings. The first-order valence-corrected chi connectivity index (χ1v) is 15.0. The number of halogens is 3. The molecule has 1 aliphatic rings. The molecule has 6 atom stereocenters. The van der Waals surface area contributed by atoms with Crippen molar-refractivity contribution < 1.29 is 27.4 Å². The number of nitrogens with zero attached hydrogens (tertiary/aromatic N) is 2. The minimum Gasteiger partial charge on any atom is -0.374 e. The zero-order valence-corrected chi connectivity index (χ0v) is 25.5. The minimum absolute atomic E-state index is 0.0323. The van der Waals surface area contributed by atoms with Crippen LogP contribution in [0.2, 0.25) is 0 Å². The zero-order chi connectivity index (χ0) is 31.3. The molecule has 3 unspecified atom stereocenters. The lowest BCUT2D eigenvalue weighted by Crippen LogP contribution is -2.53. The third-order valence-corrected chi connectivity index (χ3v) is 8.76. The van der Waals surface area contributed by atoms with Gasteiger partial charge in [0.1, 0.15) is 0 Å². The highest BCUT2D eigenvalue weighted by Gasteiger charge is 2.45. The quantitative estimate of drug-likeness (QED) is 0.182. The van der Waals surface area contributed by atoms with E-state index in [1.165, 1.54) is 6.20 Å². The van der Waals surface area contributed by atoms with Gasteiger partial charge in [0.2, 0.25) is 0 Å². The number of hydrogen-bond donors (Lipinski definition) is 0. The first-order chi connectivity index (χ1) is 21.1. The third kappa shape index (κ3) is 7.54. The van der Waals surface area contributed by atoms with E-state index in [2.05, 4.69) is 55.0 Å². The van der Waals surface area contributed by atoms with Crippen LogP contribution in [-0.4, -0.2) is 34.9 Å². The van der Waals surface area contributed by atoms with Gasteiger partial charge < -0.3 is 14.2 Å². The van der Waals surface area contributed by atoms with Crippen LogP contribution in [0.3, 0.4) is 0 Å². The molecular weight excluding hydrogens is 565 g/mol. The van der Waals surface area contributed by atoms with Crippen LogP contribution in [0.25, 0.3) is 11.3 Å². The molecule has 3 aromatic carbocycles. The second-order valence-electron chi connectivity index (χ2n) is 11.8. The number of hydrogen-bond acceptors (Lipinski definition) is 5. The molecule has 5 nitrogen and oxygen atoms in total. The Labute approximate surface area is 257 Å². The Hall–Kier alpha value is -3.59. The maximum Gasteiger partial charge on any atom is 0.434 e. The molecule has 232 valence electrons. The summed E-state index contributed by atoms with van der Waals surface area (Å²) >= 11 is 0. The van der Waals surface area contributed by atoms with E-state index < -0.39 is 11.9 Å². The second-order valence-corrected chi connectivity index (χ2v) is 11.8. The van der Waals surface area contributed by atoms with Gasteiger partial charge in [0.05, 0.1) is 56.2 Å². The molecule has 1 saturated heterocycles. The molecule has 2 heterocycles. The van der Waals surface area contributed by atoms with Crippen molar-refractivity contribution in [1.82, 2.24) is 9.97 Å². The summed E-state index contributed by atoms with van der Waals surface area (Å²) in [6.45, 7) is 10.0. The fourth-order valence-corrected chi connectivity index (χ4v) is 5.96.